The Morgan fingerprint density at radius 3 is 2.44 bits per heavy atom. The average Bonchev–Trinajstić information content (AvgIpc) is 2.23. The molecule has 0 N–H and O–H groups in total. The molecule has 7 heteroatoms. The third-order valence-corrected chi connectivity index (χ3v) is 3.43. The van der Waals surface area contributed by atoms with Gasteiger partial charge in [0, 0.05) is 18.2 Å². The topological polar surface area (TPSA) is 60.4 Å². The second-order valence-corrected chi connectivity index (χ2v) is 5.62. The van der Waals surface area contributed by atoms with E-state index in [9.17, 15) is 22.0 Å². The smallest absolute Gasteiger partial charge is 0.186 e. The molecule has 100 valence electrons. The quantitative estimate of drug-likeness (QED) is 0.766. The zero-order valence-corrected chi connectivity index (χ0v) is 10.7. The molecule has 0 unspecified atom stereocenters. The Labute approximate surface area is 103 Å². The fourth-order valence-corrected chi connectivity index (χ4v) is 2.43. The molecular formula is C11H12F2O4S. The van der Waals surface area contributed by atoms with Crippen LogP contribution in [0, 0.1) is 11.6 Å². The molecule has 1 aromatic carbocycles. The Kier molecular flexibility index (Phi) is 4.39. The molecule has 0 aromatic heterocycles. The molecule has 0 aliphatic rings. The van der Waals surface area contributed by atoms with Gasteiger partial charge in [0.25, 0.3) is 0 Å². The summed E-state index contributed by atoms with van der Waals surface area (Å²) in [6, 6.07) is 0.877. The predicted octanol–water partition coefficient (Wildman–Crippen LogP) is 1.51. The van der Waals surface area contributed by atoms with Gasteiger partial charge < -0.3 is 9.53 Å². The van der Waals surface area contributed by atoms with E-state index in [1.165, 1.54) is 0 Å². The van der Waals surface area contributed by atoms with E-state index < -0.39 is 26.4 Å². The van der Waals surface area contributed by atoms with Crippen LogP contribution in [-0.2, 0) is 21.1 Å². The van der Waals surface area contributed by atoms with Crippen LogP contribution >= 0.6 is 0 Å². The molecule has 0 atom stereocenters. The fourth-order valence-electron chi connectivity index (χ4n) is 1.59. The lowest BCUT2D eigenvalue weighted by molar-refractivity contribution is -0.107. The number of methoxy groups -OCH3 is 1. The first-order chi connectivity index (χ1) is 8.32. The van der Waals surface area contributed by atoms with Crippen molar-refractivity contribution in [1.82, 2.24) is 0 Å². The van der Waals surface area contributed by atoms with Crippen LogP contribution in [-0.4, -0.2) is 28.1 Å². The number of carbonyl (C=O) groups excluding carboxylic acids is 1. The summed E-state index contributed by atoms with van der Waals surface area (Å²) >= 11 is 0. The molecule has 18 heavy (non-hydrogen) atoms. The van der Waals surface area contributed by atoms with Crippen molar-refractivity contribution in [3.8, 4) is 5.75 Å². The van der Waals surface area contributed by atoms with Crippen molar-refractivity contribution in [2.75, 3.05) is 13.4 Å². The predicted molar refractivity (Wildman–Crippen MR) is 60.4 cm³/mol. The summed E-state index contributed by atoms with van der Waals surface area (Å²) in [4.78, 5) is 9.23. The molecule has 0 fully saturated rings. The number of sulfone groups is 1. The first-order valence-corrected chi connectivity index (χ1v) is 6.90. The molecular weight excluding hydrogens is 266 g/mol. The van der Waals surface area contributed by atoms with Gasteiger partial charge in [0.2, 0.25) is 0 Å². The highest BCUT2D eigenvalue weighted by atomic mass is 32.2. The van der Waals surface area contributed by atoms with E-state index >= 15 is 0 Å². The van der Waals surface area contributed by atoms with Gasteiger partial charge in [-0.2, -0.15) is 0 Å². The number of rotatable bonds is 5. The largest absolute Gasteiger partial charge is 0.493 e. The second kappa shape index (κ2) is 5.43. The normalized spacial score (nSPS) is 11.3. The molecule has 0 amide bonds. The molecule has 0 bridgehead atoms. The van der Waals surface area contributed by atoms with Gasteiger partial charge in [-0.1, -0.05) is 0 Å². The van der Waals surface area contributed by atoms with Crippen molar-refractivity contribution in [2.24, 2.45) is 0 Å². The van der Waals surface area contributed by atoms with Gasteiger partial charge in [-0.3, -0.25) is 0 Å². The number of hydrogen-bond donors (Lipinski definition) is 0. The average molecular weight is 278 g/mol. The van der Waals surface area contributed by atoms with Crippen LogP contribution in [0.1, 0.15) is 12.0 Å². The standard InChI is InChI=1S/C11H12F2O4S/c1-17-10-7(4-3-5-14)6-8(12)11(9(10)13)18(2,15)16/h5-6H,3-4H2,1-2H3. The van der Waals surface area contributed by atoms with Crippen LogP contribution in [0.5, 0.6) is 5.75 Å². The van der Waals surface area contributed by atoms with E-state index in [0.29, 0.717) is 12.5 Å². The zero-order chi connectivity index (χ0) is 13.9. The number of benzene rings is 1. The second-order valence-electron chi connectivity index (χ2n) is 3.67. The molecule has 0 aliphatic carbocycles. The van der Waals surface area contributed by atoms with Crippen LogP contribution in [0.3, 0.4) is 0 Å². The molecule has 1 rings (SSSR count). The molecule has 0 radical (unpaired) electrons. The minimum Gasteiger partial charge on any atom is -0.493 e. The maximum absolute atomic E-state index is 13.9. The number of aldehydes is 1. The monoisotopic (exact) mass is 278 g/mol. The van der Waals surface area contributed by atoms with Gasteiger partial charge in [0.1, 0.15) is 17.0 Å². The zero-order valence-electron chi connectivity index (χ0n) is 9.87. The minimum absolute atomic E-state index is 0.0630. The molecule has 0 saturated carbocycles. The summed E-state index contributed by atoms with van der Waals surface area (Å²) in [6.45, 7) is 0. The third kappa shape index (κ3) is 2.84. The van der Waals surface area contributed by atoms with E-state index in [2.05, 4.69) is 0 Å². The van der Waals surface area contributed by atoms with Crippen molar-refractivity contribution < 1.29 is 26.7 Å². The van der Waals surface area contributed by atoms with Gasteiger partial charge in [-0.05, 0) is 12.5 Å². The maximum Gasteiger partial charge on any atom is 0.186 e. The molecule has 0 aliphatic heterocycles. The highest BCUT2D eigenvalue weighted by Gasteiger charge is 2.25. The van der Waals surface area contributed by atoms with E-state index in [1.807, 2.05) is 0 Å². The number of hydrogen-bond acceptors (Lipinski definition) is 4. The summed E-state index contributed by atoms with van der Waals surface area (Å²) < 4.78 is 54.8. The lowest BCUT2D eigenvalue weighted by atomic mass is 10.1. The fraction of sp³-hybridized carbons (Fsp3) is 0.364. The third-order valence-electron chi connectivity index (χ3n) is 2.31. The minimum atomic E-state index is -4.03. The van der Waals surface area contributed by atoms with Crippen molar-refractivity contribution in [1.29, 1.82) is 0 Å². The Morgan fingerprint density at radius 1 is 1.39 bits per heavy atom. The summed E-state index contributed by atoms with van der Waals surface area (Å²) in [5, 5.41) is 0. The van der Waals surface area contributed by atoms with Gasteiger partial charge >= 0.3 is 0 Å². The van der Waals surface area contributed by atoms with Gasteiger partial charge in [-0.15, -0.1) is 0 Å². The lowest BCUT2D eigenvalue weighted by Gasteiger charge is -2.12. The first kappa shape index (κ1) is 14.6. The lowest BCUT2D eigenvalue weighted by Crippen LogP contribution is -2.08. The SMILES string of the molecule is COc1c(CCC=O)cc(F)c(S(C)(=O)=O)c1F. The number of carbonyl (C=O) groups is 1. The number of halogens is 2. The van der Waals surface area contributed by atoms with Gasteiger partial charge in [-0.25, -0.2) is 17.2 Å². The molecule has 0 heterocycles. The van der Waals surface area contributed by atoms with Crippen LogP contribution in [0.15, 0.2) is 11.0 Å². The highest BCUT2D eigenvalue weighted by Crippen LogP contribution is 2.31. The number of aryl methyl sites for hydroxylation is 1. The van der Waals surface area contributed by atoms with Crippen molar-refractivity contribution in [3.63, 3.8) is 0 Å². The molecule has 1 aromatic rings. The molecule has 0 spiro atoms. The van der Waals surface area contributed by atoms with Crippen molar-refractivity contribution in [3.05, 3.63) is 23.3 Å². The van der Waals surface area contributed by atoms with Crippen LogP contribution in [0.2, 0.25) is 0 Å². The molecule has 4 nitrogen and oxygen atoms in total. The van der Waals surface area contributed by atoms with Crippen LogP contribution < -0.4 is 4.74 Å². The van der Waals surface area contributed by atoms with E-state index in [1.54, 1.807) is 0 Å². The summed E-state index contributed by atoms with van der Waals surface area (Å²) in [5.74, 6) is -2.80. The maximum atomic E-state index is 13.9. The Hall–Kier alpha value is -1.50. The van der Waals surface area contributed by atoms with Crippen molar-refractivity contribution >= 4 is 16.1 Å². The van der Waals surface area contributed by atoms with E-state index in [0.717, 1.165) is 13.2 Å². The number of ether oxygens (including phenoxy) is 1. The Morgan fingerprint density at radius 2 is 2.00 bits per heavy atom. The molecule has 0 saturated heterocycles. The van der Waals surface area contributed by atoms with Gasteiger partial charge in [0.05, 0.1) is 7.11 Å². The summed E-state index contributed by atoms with van der Waals surface area (Å²) in [6.07, 6.45) is 1.44. The Bertz CT molecular complexity index is 567. The summed E-state index contributed by atoms with van der Waals surface area (Å²) in [5.41, 5.74) is 0.118. The summed E-state index contributed by atoms with van der Waals surface area (Å²) in [7, 11) is -2.89. The van der Waals surface area contributed by atoms with E-state index in [-0.39, 0.29) is 24.2 Å². The van der Waals surface area contributed by atoms with Crippen LogP contribution in [0.25, 0.3) is 0 Å². The Balaban J connectivity index is 3.49. The van der Waals surface area contributed by atoms with Crippen molar-refractivity contribution in [2.45, 2.75) is 17.7 Å². The first-order valence-electron chi connectivity index (χ1n) is 5.01. The van der Waals surface area contributed by atoms with Crippen LogP contribution in [0.4, 0.5) is 8.78 Å². The van der Waals surface area contributed by atoms with E-state index in [4.69, 9.17) is 4.74 Å². The highest BCUT2D eigenvalue weighted by molar-refractivity contribution is 7.90. The van der Waals surface area contributed by atoms with Gasteiger partial charge in [0.15, 0.2) is 21.4 Å².